The predicted molar refractivity (Wildman–Crippen MR) is 43.5 cm³/mol. The fraction of sp³-hybridized carbons (Fsp3) is 0.857. The molecule has 0 unspecified atom stereocenters. The predicted octanol–water partition coefficient (Wildman–Crippen LogP) is -0.380. The molecule has 0 aromatic carbocycles. The lowest BCUT2D eigenvalue weighted by molar-refractivity contribution is 0.166. The van der Waals surface area contributed by atoms with Crippen LogP contribution in [0.3, 0.4) is 0 Å². The lowest BCUT2D eigenvalue weighted by Crippen LogP contribution is -2.54. The van der Waals surface area contributed by atoms with Gasteiger partial charge in [0, 0.05) is 32.7 Å². The number of carbonyl (C=O) groups is 1. The number of nitrogens with one attached hydrogen (secondary N) is 2. The van der Waals surface area contributed by atoms with E-state index >= 15 is 0 Å². The number of amides is 2. The Morgan fingerprint density at radius 1 is 1.73 bits per heavy atom. The highest BCUT2D eigenvalue weighted by molar-refractivity contribution is 5.74. The second-order valence-electron chi connectivity index (χ2n) is 2.80. The van der Waals surface area contributed by atoms with E-state index in [1.54, 1.807) is 7.05 Å². The minimum Gasteiger partial charge on any atom is -0.341 e. The number of hydrogen-bond acceptors (Lipinski definition) is 2. The van der Waals surface area contributed by atoms with Gasteiger partial charge in [0.2, 0.25) is 0 Å². The average Bonchev–Trinajstić information content (AvgIpc) is 2.04. The summed E-state index contributed by atoms with van der Waals surface area (Å²) in [6.45, 7) is 4.65. The summed E-state index contributed by atoms with van der Waals surface area (Å²) in [4.78, 5) is 13.0. The van der Waals surface area contributed by atoms with E-state index in [9.17, 15) is 4.79 Å². The molecule has 4 heteroatoms. The molecule has 11 heavy (non-hydrogen) atoms. The number of nitrogens with zero attached hydrogens (tertiary/aromatic N) is 1. The van der Waals surface area contributed by atoms with Crippen LogP contribution in [0.1, 0.15) is 6.92 Å². The van der Waals surface area contributed by atoms with Crippen molar-refractivity contribution in [2.24, 2.45) is 0 Å². The standard InChI is InChI=1S/C7H15N3O/c1-6-5-9-3-4-10(6)7(11)8-2/h6,9H,3-5H2,1-2H3,(H,8,11)/t6-/m1/s1. The van der Waals surface area contributed by atoms with Crippen LogP contribution in [-0.4, -0.2) is 43.7 Å². The first kappa shape index (κ1) is 8.33. The van der Waals surface area contributed by atoms with Crippen LogP contribution in [0.15, 0.2) is 0 Å². The maximum absolute atomic E-state index is 11.2. The summed E-state index contributed by atoms with van der Waals surface area (Å²) in [6.07, 6.45) is 0. The first-order valence-electron chi connectivity index (χ1n) is 3.94. The molecular formula is C7H15N3O. The molecule has 1 heterocycles. The van der Waals surface area contributed by atoms with Crippen LogP contribution in [0.2, 0.25) is 0 Å². The zero-order valence-corrected chi connectivity index (χ0v) is 7.05. The molecule has 1 saturated heterocycles. The quantitative estimate of drug-likeness (QED) is 0.503. The first-order valence-corrected chi connectivity index (χ1v) is 3.94. The Morgan fingerprint density at radius 2 is 2.45 bits per heavy atom. The van der Waals surface area contributed by atoms with E-state index in [1.807, 2.05) is 11.8 Å². The zero-order valence-electron chi connectivity index (χ0n) is 7.05. The maximum atomic E-state index is 11.2. The molecule has 0 aromatic heterocycles. The molecule has 1 aliphatic heterocycles. The summed E-state index contributed by atoms with van der Waals surface area (Å²) in [5.74, 6) is 0. The number of carbonyl (C=O) groups excluding carboxylic acids is 1. The van der Waals surface area contributed by atoms with Crippen molar-refractivity contribution in [1.29, 1.82) is 0 Å². The maximum Gasteiger partial charge on any atom is 0.317 e. The highest BCUT2D eigenvalue weighted by Crippen LogP contribution is 2.01. The summed E-state index contributed by atoms with van der Waals surface area (Å²) >= 11 is 0. The van der Waals surface area contributed by atoms with Gasteiger partial charge < -0.3 is 15.5 Å². The molecule has 0 spiro atoms. The van der Waals surface area contributed by atoms with E-state index in [4.69, 9.17) is 0 Å². The van der Waals surface area contributed by atoms with Crippen molar-refractivity contribution in [1.82, 2.24) is 15.5 Å². The second kappa shape index (κ2) is 3.57. The summed E-state index contributed by atoms with van der Waals surface area (Å²) in [6, 6.07) is 0.336. The molecule has 2 amide bonds. The van der Waals surface area contributed by atoms with Crippen molar-refractivity contribution in [2.45, 2.75) is 13.0 Å². The molecule has 1 rings (SSSR count). The Morgan fingerprint density at radius 3 is 3.00 bits per heavy atom. The molecular weight excluding hydrogens is 142 g/mol. The molecule has 0 saturated carbocycles. The minimum atomic E-state index is 0.0269. The van der Waals surface area contributed by atoms with Gasteiger partial charge in [-0.05, 0) is 6.92 Å². The van der Waals surface area contributed by atoms with E-state index in [1.165, 1.54) is 0 Å². The van der Waals surface area contributed by atoms with Crippen molar-refractivity contribution in [3.63, 3.8) is 0 Å². The smallest absolute Gasteiger partial charge is 0.317 e. The number of hydrogen-bond donors (Lipinski definition) is 2. The van der Waals surface area contributed by atoms with Gasteiger partial charge in [0.25, 0.3) is 0 Å². The lowest BCUT2D eigenvalue weighted by atomic mass is 10.2. The molecule has 0 aliphatic carbocycles. The molecule has 2 N–H and O–H groups in total. The topological polar surface area (TPSA) is 44.4 Å². The van der Waals surface area contributed by atoms with Gasteiger partial charge in [0.15, 0.2) is 0 Å². The van der Waals surface area contributed by atoms with E-state index in [2.05, 4.69) is 10.6 Å². The monoisotopic (exact) mass is 157 g/mol. The molecule has 0 aromatic rings. The van der Waals surface area contributed by atoms with Crippen molar-refractivity contribution < 1.29 is 4.79 Å². The summed E-state index contributed by atoms with van der Waals surface area (Å²) in [5, 5.41) is 5.85. The van der Waals surface area contributed by atoms with Gasteiger partial charge in [-0.3, -0.25) is 0 Å². The highest BCUT2D eigenvalue weighted by Gasteiger charge is 2.21. The van der Waals surface area contributed by atoms with Crippen LogP contribution in [-0.2, 0) is 0 Å². The highest BCUT2D eigenvalue weighted by atomic mass is 16.2. The largest absolute Gasteiger partial charge is 0.341 e. The van der Waals surface area contributed by atoms with Crippen molar-refractivity contribution in [2.75, 3.05) is 26.7 Å². The third-order valence-corrected chi connectivity index (χ3v) is 1.98. The SMILES string of the molecule is CNC(=O)N1CCNC[C@H]1C. The number of piperazine rings is 1. The van der Waals surface area contributed by atoms with Gasteiger partial charge in [-0.25, -0.2) is 4.79 Å². The Labute approximate surface area is 66.9 Å². The summed E-state index contributed by atoms with van der Waals surface area (Å²) in [7, 11) is 1.66. The third kappa shape index (κ3) is 1.83. The third-order valence-electron chi connectivity index (χ3n) is 1.98. The normalized spacial score (nSPS) is 24.9. The Hall–Kier alpha value is -0.770. The van der Waals surface area contributed by atoms with Crippen molar-refractivity contribution in [3.8, 4) is 0 Å². The zero-order chi connectivity index (χ0) is 8.27. The molecule has 64 valence electrons. The first-order chi connectivity index (χ1) is 5.25. The van der Waals surface area contributed by atoms with Crippen LogP contribution < -0.4 is 10.6 Å². The van der Waals surface area contributed by atoms with Crippen molar-refractivity contribution >= 4 is 6.03 Å². The van der Waals surface area contributed by atoms with Gasteiger partial charge >= 0.3 is 6.03 Å². The van der Waals surface area contributed by atoms with Gasteiger partial charge in [-0.2, -0.15) is 0 Å². The van der Waals surface area contributed by atoms with Gasteiger partial charge in [0.1, 0.15) is 0 Å². The second-order valence-corrected chi connectivity index (χ2v) is 2.80. The lowest BCUT2D eigenvalue weighted by Gasteiger charge is -2.33. The van der Waals surface area contributed by atoms with Crippen LogP contribution >= 0.6 is 0 Å². The molecule has 0 radical (unpaired) electrons. The molecule has 1 atom stereocenters. The van der Waals surface area contributed by atoms with Crippen LogP contribution in [0.25, 0.3) is 0 Å². The number of rotatable bonds is 0. The fourth-order valence-corrected chi connectivity index (χ4v) is 1.29. The van der Waals surface area contributed by atoms with E-state index < -0.39 is 0 Å². The number of urea groups is 1. The molecule has 4 nitrogen and oxygen atoms in total. The van der Waals surface area contributed by atoms with E-state index in [-0.39, 0.29) is 6.03 Å². The van der Waals surface area contributed by atoms with Gasteiger partial charge in [0.05, 0.1) is 0 Å². The molecule has 1 aliphatic rings. The van der Waals surface area contributed by atoms with E-state index in [0.29, 0.717) is 6.04 Å². The van der Waals surface area contributed by atoms with Crippen LogP contribution in [0.5, 0.6) is 0 Å². The van der Waals surface area contributed by atoms with Crippen LogP contribution in [0, 0.1) is 0 Å². The van der Waals surface area contributed by atoms with Crippen molar-refractivity contribution in [3.05, 3.63) is 0 Å². The average molecular weight is 157 g/mol. The Kier molecular flexibility index (Phi) is 2.70. The summed E-state index contributed by atoms with van der Waals surface area (Å²) < 4.78 is 0. The fourth-order valence-electron chi connectivity index (χ4n) is 1.29. The molecule has 0 bridgehead atoms. The summed E-state index contributed by atoms with van der Waals surface area (Å²) in [5.41, 5.74) is 0. The minimum absolute atomic E-state index is 0.0269. The Bertz CT molecular complexity index is 149. The van der Waals surface area contributed by atoms with Crippen LogP contribution in [0.4, 0.5) is 4.79 Å². The van der Waals surface area contributed by atoms with E-state index in [0.717, 1.165) is 19.6 Å². The Balaban J connectivity index is 2.47. The van der Waals surface area contributed by atoms with Gasteiger partial charge in [-0.1, -0.05) is 0 Å². The molecule has 1 fully saturated rings. The van der Waals surface area contributed by atoms with Gasteiger partial charge in [-0.15, -0.1) is 0 Å².